The average Bonchev–Trinajstić information content (AvgIpc) is 2.77. The van der Waals surface area contributed by atoms with E-state index in [2.05, 4.69) is 18.8 Å². The first-order valence-electron chi connectivity index (χ1n) is 7.72. The third kappa shape index (κ3) is 4.71. The zero-order chi connectivity index (χ0) is 15.9. The summed E-state index contributed by atoms with van der Waals surface area (Å²) in [7, 11) is -1.91. The highest BCUT2D eigenvalue weighted by Crippen LogP contribution is 2.21. The number of unbranched alkanes of at least 4 members (excludes halogenated alkanes) is 4. The summed E-state index contributed by atoms with van der Waals surface area (Å²) in [4.78, 5) is 3.89. The maximum absolute atomic E-state index is 12.8. The Kier molecular flexibility index (Phi) is 7.17. The van der Waals surface area contributed by atoms with Crippen molar-refractivity contribution in [2.75, 3.05) is 18.8 Å². The Morgan fingerprint density at radius 1 is 1.14 bits per heavy atom. The first kappa shape index (κ1) is 18.0. The van der Waals surface area contributed by atoms with Gasteiger partial charge in [-0.1, -0.05) is 39.5 Å². The monoisotopic (exact) mass is 316 g/mol. The van der Waals surface area contributed by atoms with Crippen molar-refractivity contribution in [3.8, 4) is 0 Å². The van der Waals surface area contributed by atoms with Crippen LogP contribution >= 0.6 is 0 Å². The van der Waals surface area contributed by atoms with Crippen molar-refractivity contribution in [1.82, 2.24) is 13.9 Å². The second-order valence-corrected chi connectivity index (χ2v) is 7.22. The van der Waals surface area contributed by atoms with Gasteiger partial charge in [-0.15, -0.1) is 0 Å². The predicted molar refractivity (Wildman–Crippen MR) is 85.4 cm³/mol. The molecule has 1 rings (SSSR count). The molecule has 0 spiro atoms. The van der Waals surface area contributed by atoms with E-state index in [9.17, 15) is 8.42 Å². The largest absolute Gasteiger partial charge is 0.381 e. The SMILES string of the molecule is CCCCCN(CCCCC)S(=O)(=O)c1c(N)ncn1C. The molecule has 7 heteroatoms. The molecule has 0 radical (unpaired) electrons. The van der Waals surface area contributed by atoms with Crippen molar-refractivity contribution in [1.29, 1.82) is 0 Å². The molecule has 0 amide bonds. The fourth-order valence-electron chi connectivity index (χ4n) is 2.30. The third-order valence-corrected chi connectivity index (χ3v) is 5.55. The minimum Gasteiger partial charge on any atom is -0.381 e. The predicted octanol–water partition coefficient (Wildman–Crippen LogP) is 2.37. The summed E-state index contributed by atoms with van der Waals surface area (Å²) < 4.78 is 28.7. The van der Waals surface area contributed by atoms with Crippen molar-refractivity contribution < 1.29 is 8.42 Å². The summed E-state index contributed by atoms with van der Waals surface area (Å²) in [5.74, 6) is 0.0773. The molecule has 21 heavy (non-hydrogen) atoms. The Balaban J connectivity index is 2.93. The summed E-state index contributed by atoms with van der Waals surface area (Å²) in [6.45, 7) is 5.30. The van der Waals surface area contributed by atoms with Crippen molar-refractivity contribution in [3.63, 3.8) is 0 Å². The number of hydrogen-bond donors (Lipinski definition) is 1. The van der Waals surface area contributed by atoms with Crippen LogP contribution in [-0.4, -0.2) is 35.4 Å². The van der Waals surface area contributed by atoms with Crippen LogP contribution in [0, 0.1) is 0 Å². The minimum absolute atomic E-state index is 0.0773. The number of anilines is 1. The van der Waals surface area contributed by atoms with E-state index in [1.807, 2.05) is 0 Å². The Morgan fingerprint density at radius 2 is 1.67 bits per heavy atom. The summed E-state index contributed by atoms with van der Waals surface area (Å²) >= 11 is 0. The van der Waals surface area contributed by atoms with E-state index in [0.29, 0.717) is 13.1 Å². The fourth-order valence-corrected chi connectivity index (χ4v) is 4.01. The van der Waals surface area contributed by atoms with E-state index in [4.69, 9.17) is 5.73 Å². The van der Waals surface area contributed by atoms with Gasteiger partial charge in [-0.05, 0) is 12.8 Å². The summed E-state index contributed by atoms with van der Waals surface area (Å²) in [6, 6.07) is 0. The Bertz CT molecular complexity index is 496. The molecule has 0 saturated heterocycles. The van der Waals surface area contributed by atoms with Crippen LogP contribution in [0.1, 0.15) is 52.4 Å². The smallest absolute Gasteiger partial charge is 0.262 e. The Morgan fingerprint density at radius 3 is 2.05 bits per heavy atom. The maximum Gasteiger partial charge on any atom is 0.262 e. The number of aromatic nitrogens is 2. The van der Waals surface area contributed by atoms with Crippen LogP contribution in [0.5, 0.6) is 0 Å². The normalized spacial score (nSPS) is 12.2. The average molecular weight is 316 g/mol. The first-order chi connectivity index (χ1) is 9.95. The summed E-state index contributed by atoms with van der Waals surface area (Å²) in [5.41, 5.74) is 5.74. The van der Waals surface area contributed by atoms with Gasteiger partial charge < -0.3 is 10.3 Å². The van der Waals surface area contributed by atoms with Crippen LogP contribution in [0.2, 0.25) is 0 Å². The lowest BCUT2D eigenvalue weighted by atomic mass is 10.2. The highest BCUT2D eigenvalue weighted by atomic mass is 32.2. The third-order valence-electron chi connectivity index (χ3n) is 3.52. The minimum atomic E-state index is -3.57. The van der Waals surface area contributed by atoms with Crippen LogP contribution in [0.15, 0.2) is 11.4 Å². The molecule has 0 aliphatic heterocycles. The number of nitrogen functional groups attached to an aromatic ring is 1. The van der Waals surface area contributed by atoms with E-state index in [1.165, 1.54) is 10.9 Å². The van der Waals surface area contributed by atoms with Gasteiger partial charge in [0.05, 0.1) is 6.33 Å². The number of rotatable bonds is 10. The van der Waals surface area contributed by atoms with Gasteiger partial charge in [-0.2, -0.15) is 4.31 Å². The van der Waals surface area contributed by atoms with E-state index >= 15 is 0 Å². The van der Waals surface area contributed by atoms with Gasteiger partial charge >= 0.3 is 0 Å². The van der Waals surface area contributed by atoms with Gasteiger partial charge in [0.25, 0.3) is 10.0 Å². The highest BCUT2D eigenvalue weighted by Gasteiger charge is 2.29. The number of sulfonamides is 1. The van der Waals surface area contributed by atoms with Crippen LogP contribution in [-0.2, 0) is 17.1 Å². The van der Waals surface area contributed by atoms with E-state index < -0.39 is 10.0 Å². The molecule has 0 aliphatic carbocycles. The van der Waals surface area contributed by atoms with E-state index in [0.717, 1.165) is 38.5 Å². The van der Waals surface area contributed by atoms with Crippen LogP contribution < -0.4 is 5.73 Å². The van der Waals surface area contributed by atoms with Gasteiger partial charge in [0, 0.05) is 20.1 Å². The molecule has 0 aliphatic rings. The molecule has 1 heterocycles. The standard InChI is InChI=1S/C14H28N4O2S/c1-4-6-8-10-18(11-9-7-5-2)21(19,20)14-13(15)16-12-17(14)3/h12H,4-11,15H2,1-3H3. The Labute approximate surface area is 128 Å². The molecule has 0 atom stereocenters. The number of aryl methyl sites for hydroxylation is 1. The molecular weight excluding hydrogens is 288 g/mol. The lowest BCUT2D eigenvalue weighted by molar-refractivity contribution is 0.386. The van der Waals surface area contributed by atoms with Crippen LogP contribution in [0.3, 0.4) is 0 Å². The van der Waals surface area contributed by atoms with E-state index in [1.54, 1.807) is 11.4 Å². The van der Waals surface area contributed by atoms with Crippen LogP contribution in [0.25, 0.3) is 0 Å². The van der Waals surface area contributed by atoms with Crippen molar-refractivity contribution in [2.24, 2.45) is 7.05 Å². The van der Waals surface area contributed by atoms with Gasteiger partial charge in [0.2, 0.25) is 0 Å². The Hall–Kier alpha value is -1.08. The van der Waals surface area contributed by atoms with Crippen molar-refractivity contribution in [2.45, 2.75) is 57.4 Å². The first-order valence-corrected chi connectivity index (χ1v) is 9.16. The number of imidazole rings is 1. The molecule has 122 valence electrons. The lowest BCUT2D eigenvalue weighted by Crippen LogP contribution is -2.34. The zero-order valence-electron chi connectivity index (χ0n) is 13.4. The molecule has 6 nitrogen and oxygen atoms in total. The fraction of sp³-hybridized carbons (Fsp3) is 0.786. The number of nitrogens with zero attached hydrogens (tertiary/aromatic N) is 3. The summed E-state index contributed by atoms with van der Waals surface area (Å²) in [6.07, 6.45) is 7.38. The molecule has 1 aromatic rings. The van der Waals surface area contributed by atoms with Gasteiger partial charge in [0.15, 0.2) is 10.8 Å². The molecule has 0 fully saturated rings. The molecule has 0 bridgehead atoms. The number of nitrogens with two attached hydrogens (primary N) is 1. The molecule has 1 aromatic heterocycles. The molecular formula is C14H28N4O2S. The highest BCUT2D eigenvalue weighted by molar-refractivity contribution is 7.89. The van der Waals surface area contributed by atoms with Gasteiger partial charge in [0.1, 0.15) is 0 Å². The quantitative estimate of drug-likeness (QED) is 0.672. The second kappa shape index (κ2) is 8.38. The molecule has 2 N–H and O–H groups in total. The topological polar surface area (TPSA) is 81.2 Å². The molecule has 0 aromatic carbocycles. The van der Waals surface area contributed by atoms with Crippen LogP contribution in [0.4, 0.5) is 5.82 Å². The second-order valence-electron chi connectivity index (χ2n) is 5.36. The summed E-state index contributed by atoms with van der Waals surface area (Å²) in [5, 5.41) is 0.107. The van der Waals surface area contributed by atoms with Crippen molar-refractivity contribution in [3.05, 3.63) is 6.33 Å². The number of hydrogen-bond acceptors (Lipinski definition) is 4. The maximum atomic E-state index is 12.8. The van der Waals surface area contributed by atoms with Gasteiger partial charge in [-0.3, -0.25) is 0 Å². The van der Waals surface area contributed by atoms with Crippen molar-refractivity contribution >= 4 is 15.8 Å². The molecule has 0 unspecified atom stereocenters. The lowest BCUT2D eigenvalue weighted by Gasteiger charge is -2.22. The van der Waals surface area contributed by atoms with E-state index in [-0.39, 0.29) is 10.8 Å². The van der Waals surface area contributed by atoms with Gasteiger partial charge in [-0.25, -0.2) is 13.4 Å². The molecule has 0 saturated carbocycles. The zero-order valence-corrected chi connectivity index (χ0v) is 14.2.